The fourth-order valence-corrected chi connectivity index (χ4v) is 4.00. The number of halogens is 1. The molecule has 1 atom stereocenters. The van der Waals surface area contributed by atoms with Gasteiger partial charge < -0.3 is 15.2 Å². The highest BCUT2D eigenvalue weighted by molar-refractivity contribution is 5.92. The molecule has 1 fully saturated rings. The highest BCUT2D eigenvalue weighted by Crippen LogP contribution is 2.37. The Labute approximate surface area is 180 Å². The van der Waals surface area contributed by atoms with Crippen molar-refractivity contribution in [2.45, 2.75) is 25.4 Å². The summed E-state index contributed by atoms with van der Waals surface area (Å²) in [6.07, 6.45) is 3.98. The molecule has 0 spiro atoms. The van der Waals surface area contributed by atoms with Gasteiger partial charge in [-0.2, -0.15) is 0 Å². The monoisotopic (exact) mass is 424 g/mol. The van der Waals surface area contributed by atoms with Crippen LogP contribution in [0.3, 0.4) is 0 Å². The standard InChI is InChI=1S/C23H25FN4O3/c1-27-14-19(23(26-27)30-2)21-4-3-11-28(21)13-16-7-10-18(12-20(16)24)31-17-8-5-15(6-9-17)22(25)29/h5-10,12,14,21H,3-4,11,13H2,1-2H3,(H2,25,29). The molecule has 1 aliphatic heterocycles. The lowest BCUT2D eigenvalue weighted by molar-refractivity contribution is 0.100. The number of aryl methyl sites for hydroxylation is 1. The summed E-state index contributed by atoms with van der Waals surface area (Å²) < 4.78 is 27.7. The highest BCUT2D eigenvalue weighted by Gasteiger charge is 2.30. The first-order valence-electron chi connectivity index (χ1n) is 10.1. The number of nitrogens with two attached hydrogens (primary N) is 1. The number of amides is 1. The number of likely N-dealkylation sites (tertiary alicyclic amines) is 1. The maximum absolute atomic E-state index is 14.8. The summed E-state index contributed by atoms with van der Waals surface area (Å²) in [6.45, 7) is 1.37. The Kier molecular flexibility index (Phi) is 5.90. The third-order valence-electron chi connectivity index (χ3n) is 5.51. The first-order valence-corrected chi connectivity index (χ1v) is 10.1. The third-order valence-corrected chi connectivity index (χ3v) is 5.51. The fourth-order valence-electron chi connectivity index (χ4n) is 4.00. The molecule has 1 aromatic heterocycles. The Hall–Kier alpha value is -3.39. The minimum Gasteiger partial charge on any atom is -0.480 e. The second-order valence-electron chi connectivity index (χ2n) is 7.64. The number of carbonyl (C=O) groups is 1. The van der Waals surface area contributed by atoms with Gasteiger partial charge in [-0.1, -0.05) is 6.07 Å². The molecule has 31 heavy (non-hydrogen) atoms. The predicted octanol–water partition coefficient (Wildman–Crippen LogP) is 3.80. The molecule has 2 heterocycles. The minimum atomic E-state index is -0.508. The Morgan fingerprint density at radius 1 is 1.23 bits per heavy atom. The smallest absolute Gasteiger partial charge is 0.248 e. The average molecular weight is 424 g/mol. The third kappa shape index (κ3) is 4.54. The lowest BCUT2D eigenvalue weighted by Gasteiger charge is -2.24. The van der Waals surface area contributed by atoms with Crippen LogP contribution < -0.4 is 15.2 Å². The van der Waals surface area contributed by atoms with E-state index in [1.807, 2.05) is 13.2 Å². The van der Waals surface area contributed by atoms with E-state index in [4.69, 9.17) is 15.2 Å². The van der Waals surface area contributed by atoms with Crippen LogP contribution in [0.5, 0.6) is 17.4 Å². The average Bonchev–Trinajstić information content (AvgIpc) is 3.36. The first-order chi connectivity index (χ1) is 14.9. The number of rotatable bonds is 7. The van der Waals surface area contributed by atoms with Crippen molar-refractivity contribution in [3.63, 3.8) is 0 Å². The van der Waals surface area contributed by atoms with Crippen LogP contribution in [-0.2, 0) is 13.6 Å². The van der Waals surface area contributed by atoms with Crippen molar-refractivity contribution in [1.82, 2.24) is 14.7 Å². The lowest BCUT2D eigenvalue weighted by Crippen LogP contribution is -2.23. The van der Waals surface area contributed by atoms with Gasteiger partial charge in [0.25, 0.3) is 0 Å². The van der Waals surface area contributed by atoms with Crippen LogP contribution in [0, 0.1) is 5.82 Å². The zero-order valence-electron chi connectivity index (χ0n) is 17.5. The van der Waals surface area contributed by atoms with Crippen LogP contribution in [-0.4, -0.2) is 34.2 Å². The van der Waals surface area contributed by atoms with Crippen LogP contribution >= 0.6 is 0 Å². The molecular weight excluding hydrogens is 399 g/mol. The summed E-state index contributed by atoms with van der Waals surface area (Å²) in [5, 5.41) is 4.35. The topological polar surface area (TPSA) is 82.6 Å². The van der Waals surface area contributed by atoms with E-state index in [0.29, 0.717) is 35.1 Å². The molecule has 4 rings (SSSR count). The summed E-state index contributed by atoms with van der Waals surface area (Å²) in [6, 6.07) is 11.4. The van der Waals surface area contributed by atoms with Gasteiger partial charge in [0, 0.05) is 43.0 Å². The number of carbonyl (C=O) groups excluding carboxylic acids is 1. The Morgan fingerprint density at radius 2 is 1.97 bits per heavy atom. The molecule has 1 amide bonds. The normalized spacial score (nSPS) is 16.4. The number of benzene rings is 2. The summed E-state index contributed by atoms with van der Waals surface area (Å²) >= 11 is 0. The highest BCUT2D eigenvalue weighted by atomic mass is 19.1. The van der Waals surface area contributed by atoms with Gasteiger partial charge in [0.1, 0.15) is 17.3 Å². The van der Waals surface area contributed by atoms with E-state index >= 15 is 0 Å². The lowest BCUT2D eigenvalue weighted by atomic mass is 10.1. The number of primary amides is 1. The van der Waals surface area contributed by atoms with Crippen LogP contribution in [0.25, 0.3) is 0 Å². The van der Waals surface area contributed by atoms with E-state index in [0.717, 1.165) is 24.9 Å². The molecule has 8 heteroatoms. The first kappa shape index (κ1) is 20.9. The zero-order valence-corrected chi connectivity index (χ0v) is 17.5. The molecular formula is C23H25FN4O3. The van der Waals surface area contributed by atoms with Gasteiger partial charge in [-0.05, 0) is 49.7 Å². The van der Waals surface area contributed by atoms with Gasteiger partial charge in [-0.25, -0.2) is 4.39 Å². The molecule has 1 aliphatic rings. The number of aromatic nitrogens is 2. The molecule has 2 aromatic carbocycles. The van der Waals surface area contributed by atoms with E-state index in [1.165, 1.54) is 6.07 Å². The summed E-state index contributed by atoms with van der Waals surface area (Å²) in [5.74, 6) is 0.674. The molecule has 0 radical (unpaired) electrons. The maximum atomic E-state index is 14.8. The molecule has 2 N–H and O–H groups in total. The Bertz CT molecular complexity index is 1080. The van der Waals surface area contributed by atoms with Crippen LogP contribution in [0.15, 0.2) is 48.7 Å². The number of hydrogen-bond acceptors (Lipinski definition) is 5. The molecule has 7 nitrogen and oxygen atoms in total. The summed E-state index contributed by atoms with van der Waals surface area (Å²) in [4.78, 5) is 13.4. The fraction of sp³-hybridized carbons (Fsp3) is 0.304. The quantitative estimate of drug-likeness (QED) is 0.624. The van der Waals surface area contributed by atoms with E-state index in [1.54, 1.807) is 48.2 Å². The van der Waals surface area contributed by atoms with Crippen molar-refractivity contribution in [1.29, 1.82) is 0 Å². The van der Waals surface area contributed by atoms with Crippen molar-refractivity contribution in [3.8, 4) is 17.4 Å². The second kappa shape index (κ2) is 8.77. The van der Waals surface area contributed by atoms with Gasteiger partial charge in [0.15, 0.2) is 0 Å². The van der Waals surface area contributed by atoms with Gasteiger partial charge >= 0.3 is 0 Å². The molecule has 3 aromatic rings. The molecule has 0 aliphatic carbocycles. The Balaban J connectivity index is 1.47. The number of ether oxygens (including phenoxy) is 2. The van der Waals surface area contributed by atoms with Gasteiger partial charge in [0.05, 0.1) is 12.7 Å². The van der Waals surface area contributed by atoms with E-state index in [9.17, 15) is 9.18 Å². The summed E-state index contributed by atoms with van der Waals surface area (Å²) in [7, 11) is 3.48. The molecule has 0 saturated carbocycles. The van der Waals surface area contributed by atoms with Crippen molar-refractivity contribution in [3.05, 3.63) is 71.2 Å². The van der Waals surface area contributed by atoms with Crippen molar-refractivity contribution < 1.29 is 18.7 Å². The molecule has 1 saturated heterocycles. The second-order valence-corrected chi connectivity index (χ2v) is 7.64. The van der Waals surface area contributed by atoms with Gasteiger partial charge in [0.2, 0.25) is 11.8 Å². The van der Waals surface area contributed by atoms with Crippen molar-refractivity contribution in [2.75, 3.05) is 13.7 Å². The molecule has 0 bridgehead atoms. The molecule has 1 unspecified atom stereocenters. The van der Waals surface area contributed by atoms with Crippen LogP contribution in [0.1, 0.15) is 40.4 Å². The predicted molar refractivity (Wildman–Crippen MR) is 114 cm³/mol. The Morgan fingerprint density at radius 3 is 2.65 bits per heavy atom. The number of methoxy groups -OCH3 is 1. The maximum Gasteiger partial charge on any atom is 0.248 e. The van der Waals surface area contributed by atoms with E-state index in [2.05, 4.69) is 10.00 Å². The van der Waals surface area contributed by atoms with Crippen molar-refractivity contribution >= 4 is 5.91 Å². The number of hydrogen-bond donors (Lipinski definition) is 1. The molecule has 162 valence electrons. The van der Waals surface area contributed by atoms with Crippen LogP contribution in [0.2, 0.25) is 0 Å². The number of nitrogens with zero attached hydrogens (tertiary/aromatic N) is 3. The van der Waals surface area contributed by atoms with E-state index < -0.39 is 5.91 Å². The van der Waals surface area contributed by atoms with Crippen LogP contribution in [0.4, 0.5) is 4.39 Å². The minimum absolute atomic E-state index is 0.141. The van der Waals surface area contributed by atoms with Gasteiger partial charge in [-0.15, -0.1) is 5.10 Å². The summed E-state index contributed by atoms with van der Waals surface area (Å²) in [5.41, 5.74) is 7.26. The zero-order chi connectivity index (χ0) is 22.0. The SMILES string of the molecule is COc1nn(C)cc1C1CCCN1Cc1ccc(Oc2ccc(C(N)=O)cc2)cc1F. The van der Waals surface area contributed by atoms with Gasteiger partial charge in [-0.3, -0.25) is 14.4 Å². The largest absolute Gasteiger partial charge is 0.480 e. The van der Waals surface area contributed by atoms with E-state index in [-0.39, 0.29) is 11.9 Å². The van der Waals surface area contributed by atoms with Crippen molar-refractivity contribution in [2.24, 2.45) is 12.8 Å².